The molecule has 0 aromatic carbocycles. The highest BCUT2D eigenvalue weighted by atomic mass is 16.1. The van der Waals surface area contributed by atoms with Gasteiger partial charge in [0.1, 0.15) is 6.29 Å². The summed E-state index contributed by atoms with van der Waals surface area (Å²) >= 11 is 0. The van der Waals surface area contributed by atoms with Crippen LogP contribution in [0.2, 0.25) is 0 Å². The third-order valence-corrected chi connectivity index (χ3v) is 3.25. The van der Waals surface area contributed by atoms with Gasteiger partial charge in [0.05, 0.1) is 0 Å². The molecule has 1 saturated carbocycles. The summed E-state index contributed by atoms with van der Waals surface area (Å²) in [4.78, 5) is 10.8. The summed E-state index contributed by atoms with van der Waals surface area (Å²) in [6, 6.07) is 0. The van der Waals surface area contributed by atoms with Crippen LogP contribution in [0, 0.1) is 23.7 Å². The highest BCUT2D eigenvalue weighted by Crippen LogP contribution is 2.36. The molecule has 0 spiro atoms. The van der Waals surface area contributed by atoms with Crippen LogP contribution in [0.5, 0.6) is 0 Å². The van der Waals surface area contributed by atoms with Crippen molar-refractivity contribution in [2.75, 3.05) is 0 Å². The summed E-state index contributed by atoms with van der Waals surface area (Å²) in [5, 5.41) is 0. The first kappa shape index (κ1) is 9.76. The summed E-state index contributed by atoms with van der Waals surface area (Å²) in [5.41, 5.74) is 0. The molecule has 70 valence electrons. The molecule has 0 aliphatic heterocycles. The number of rotatable bonds is 2. The molecule has 0 heterocycles. The molecule has 1 fully saturated rings. The molecule has 0 bridgehead atoms. The lowest BCUT2D eigenvalue weighted by Gasteiger charge is -2.34. The first-order valence-electron chi connectivity index (χ1n) is 5.10. The minimum absolute atomic E-state index is 0.341. The van der Waals surface area contributed by atoms with E-state index in [0.29, 0.717) is 17.8 Å². The predicted octanol–water partition coefficient (Wildman–Crippen LogP) is 2.89. The highest BCUT2D eigenvalue weighted by Gasteiger charge is 2.29. The van der Waals surface area contributed by atoms with Crippen LogP contribution in [0.15, 0.2) is 0 Å². The smallest absolute Gasteiger partial charge is 0.123 e. The van der Waals surface area contributed by atoms with Gasteiger partial charge in [0.2, 0.25) is 0 Å². The zero-order valence-corrected chi connectivity index (χ0v) is 8.42. The van der Waals surface area contributed by atoms with Crippen molar-refractivity contribution < 1.29 is 4.79 Å². The lowest BCUT2D eigenvalue weighted by molar-refractivity contribution is -0.114. The van der Waals surface area contributed by atoms with Gasteiger partial charge in [0.25, 0.3) is 0 Å². The van der Waals surface area contributed by atoms with Gasteiger partial charge in [-0.25, -0.2) is 0 Å². The third kappa shape index (κ3) is 2.09. The minimum Gasteiger partial charge on any atom is -0.303 e. The van der Waals surface area contributed by atoms with Crippen molar-refractivity contribution in [3.63, 3.8) is 0 Å². The van der Waals surface area contributed by atoms with Gasteiger partial charge in [-0.15, -0.1) is 0 Å². The quantitative estimate of drug-likeness (QED) is 0.579. The second-order valence-corrected chi connectivity index (χ2v) is 4.63. The van der Waals surface area contributed by atoms with E-state index in [-0.39, 0.29) is 0 Å². The maximum absolute atomic E-state index is 10.8. The van der Waals surface area contributed by atoms with Crippen molar-refractivity contribution in [3.05, 3.63) is 0 Å². The molecule has 1 aliphatic rings. The van der Waals surface area contributed by atoms with Gasteiger partial charge >= 0.3 is 0 Å². The van der Waals surface area contributed by atoms with Gasteiger partial charge in [0.15, 0.2) is 0 Å². The number of aldehydes is 1. The van der Waals surface area contributed by atoms with E-state index in [1.54, 1.807) is 0 Å². The number of carbonyl (C=O) groups is 1. The van der Waals surface area contributed by atoms with Crippen molar-refractivity contribution in [2.45, 2.75) is 40.0 Å². The molecular weight excluding hydrogens is 148 g/mol. The summed E-state index contributed by atoms with van der Waals surface area (Å²) in [6.45, 7) is 6.72. The second kappa shape index (κ2) is 4.06. The standard InChI is InChI=1S/C11H20O/c1-8(2)11-5-4-9(3)6-10(11)7-12/h7-11H,4-6H2,1-3H3/t9-,10?,11+/m1/s1. The van der Waals surface area contributed by atoms with Gasteiger partial charge in [-0.2, -0.15) is 0 Å². The van der Waals surface area contributed by atoms with E-state index in [4.69, 9.17) is 0 Å². The maximum atomic E-state index is 10.8. The minimum atomic E-state index is 0.341. The fourth-order valence-electron chi connectivity index (χ4n) is 2.43. The van der Waals surface area contributed by atoms with Gasteiger partial charge in [-0.3, -0.25) is 0 Å². The van der Waals surface area contributed by atoms with E-state index in [2.05, 4.69) is 20.8 Å². The molecule has 0 aromatic heterocycles. The lowest BCUT2D eigenvalue weighted by atomic mass is 9.71. The van der Waals surface area contributed by atoms with Crippen molar-refractivity contribution in [3.8, 4) is 0 Å². The van der Waals surface area contributed by atoms with Crippen LogP contribution in [0.25, 0.3) is 0 Å². The summed E-state index contributed by atoms with van der Waals surface area (Å²) in [6.07, 6.45) is 4.86. The van der Waals surface area contributed by atoms with Crippen molar-refractivity contribution >= 4 is 6.29 Å². The van der Waals surface area contributed by atoms with Gasteiger partial charge in [-0.05, 0) is 30.6 Å². The summed E-state index contributed by atoms with van der Waals surface area (Å²) < 4.78 is 0. The van der Waals surface area contributed by atoms with Gasteiger partial charge < -0.3 is 4.79 Å². The molecule has 0 aromatic rings. The van der Waals surface area contributed by atoms with Gasteiger partial charge in [-0.1, -0.05) is 27.2 Å². The first-order chi connectivity index (χ1) is 5.65. The van der Waals surface area contributed by atoms with Crippen molar-refractivity contribution in [2.24, 2.45) is 23.7 Å². The average molecular weight is 168 g/mol. The zero-order chi connectivity index (χ0) is 9.14. The van der Waals surface area contributed by atoms with E-state index in [1.165, 1.54) is 19.1 Å². The molecule has 0 amide bonds. The Morgan fingerprint density at radius 3 is 2.50 bits per heavy atom. The van der Waals surface area contributed by atoms with E-state index in [0.717, 1.165) is 12.3 Å². The molecule has 0 radical (unpaired) electrons. The predicted molar refractivity (Wildman–Crippen MR) is 50.9 cm³/mol. The van der Waals surface area contributed by atoms with Crippen LogP contribution >= 0.6 is 0 Å². The average Bonchev–Trinajstić information content (AvgIpc) is 2.03. The van der Waals surface area contributed by atoms with Gasteiger partial charge in [0, 0.05) is 5.92 Å². The summed E-state index contributed by atoms with van der Waals surface area (Å²) in [5.74, 6) is 2.43. The molecule has 0 saturated heterocycles. The third-order valence-electron chi connectivity index (χ3n) is 3.25. The Hall–Kier alpha value is -0.330. The van der Waals surface area contributed by atoms with E-state index >= 15 is 0 Å². The van der Waals surface area contributed by atoms with Crippen LogP contribution in [-0.2, 0) is 4.79 Å². The fourth-order valence-corrected chi connectivity index (χ4v) is 2.43. The lowest BCUT2D eigenvalue weighted by Crippen LogP contribution is -2.28. The molecule has 1 nitrogen and oxygen atoms in total. The monoisotopic (exact) mass is 168 g/mol. The van der Waals surface area contributed by atoms with Crippen molar-refractivity contribution in [1.29, 1.82) is 0 Å². The number of hydrogen-bond acceptors (Lipinski definition) is 1. The number of carbonyl (C=O) groups excluding carboxylic acids is 1. The van der Waals surface area contributed by atoms with E-state index < -0.39 is 0 Å². The zero-order valence-electron chi connectivity index (χ0n) is 8.42. The Bertz CT molecular complexity index is 151. The molecule has 1 aliphatic carbocycles. The molecular formula is C11H20O. The Morgan fingerprint density at radius 1 is 1.33 bits per heavy atom. The topological polar surface area (TPSA) is 17.1 Å². The molecule has 1 unspecified atom stereocenters. The number of hydrogen-bond donors (Lipinski definition) is 0. The van der Waals surface area contributed by atoms with Crippen LogP contribution in [0.4, 0.5) is 0 Å². The van der Waals surface area contributed by atoms with Crippen LogP contribution in [0.1, 0.15) is 40.0 Å². The Labute approximate surface area is 75.5 Å². The second-order valence-electron chi connectivity index (χ2n) is 4.63. The fraction of sp³-hybridized carbons (Fsp3) is 0.909. The maximum Gasteiger partial charge on any atom is 0.123 e. The van der Waals surface area contributed by atoms with Crippen LogP contribution in [-0.4, -0.2) is 6.29 Å². The largest absolute Gasteiger partial charge is 0.303 e. The van der Waals surface area contributed by atoms with Crippen molar-refractivity contribution in [1.82, 2.24) is 0 Å². The van der Waals surface area contributed by atoms with Crippen LogP contribution < -0.4 is 0 Å². The molecule has 1 rings (SSSR count). The first-order valence-corrected chi connectivity index (χ1v) is 5.10. The Balaban J connectivity index is 2.56. The molecule has 1 heteroatoms. The molecule has 12 heavy (non-hydrogen) atoms. The molecule has 0 N–H and O–H groups in total. The Kier molecular flexibility index (Phi) is 3.30. The molecule has 3 atom stereocenters. The normalized spacial score (nSPS) is 36.8. The highest BCUT2D eigenvalue weighted by molar-refractivity contribution is 5.54. The van der Waals surface area contributed by atoms with E-state index in [9.17, 15) is 4.79 Å². The Morgan fingerprint density at radius 2 is 2.00 bits per heavy atom. The van der Waals surface area contributed by atoms with Crippen LogP contribution in [0.3, 0.4) is 0 Å². The SMILES string of the molecule is CC(C)[C@@H]1CC[C@@H](C)CC1C=O. The van der Waals surface area contributed by atoms with E-state index in [1.807, 2.05) is 0 Å². The summed E-state index contributed by atoms with van der Waals surface area (Å²) in [7, 11) is 0.